The first kappa shape index (κ1) is 13.2. The predicted molar refractivity (Wildman–Crippen MR) is 73.4 cm³/mol. The summed E-state index contributed by atoms with van der Waals surface area (Å²) in [5.74, 6) is 1.83. The van der Waals surface area contributed by atoms with E-state index < -0.39 is 0 Å². The largest absolute Gasteiger partial charge is 0.496 e. The van der Waals surface area contributed by atoms with Crippen LogP contribution >= 0.6 is 0 Å². The topological polar surface area (TPSA) is 44.5 Å². The van der Waals surface area contributed by atoms with Gasteiger partial charge in [0.05, 0.1) is 14.2 Å². The van der Waals surface area contributed by atoms with E-state index in [2.05, 4.69) is 6.92 Å². The van der Waals surface area contributed by atoms with Crippen molar-refractivity contribution in [1.82, 2.24) is 0 Å². The van der Waals surface area contributed by atoms with E-state index in [9.17, 15) is 0 Å². The summed E-state index contributed by atoms with van der Waals surface area (Å²) in [4.78, 5) is 0. The first-order valence-corrected chi connectivity index (χ1v) is 6.55. The first-order valence-electron chi connectivity index (χ1n) is 6.55. The van der Waals surface area contributed by atoms with Crippen molar-refractivity contribution >= 4 is 0 Å². The highest BCUT2D eigenvalue weighted by atomic mass is 16.5. The Bertz CT molecular complexity index is 448. The van der Waals surface area contributed by atoms with E-state index in [0.29, 0.717) is 0 Å². The van der Waals surface area contributed by atoms with Crippen molar-refractivity contribution in [2.75, 3.05) is 14.2 Å². The summed E-state index contributed by atoms with van der Waals surface area (Å²) in [6, 6.07) is 2.02. The lowest BCUT2D eigenvalue weighted by Gasteiger charge is -2.30. The average molecular weight is 249 g/mol. The zero-order valence-electron chi connectivity index (χ0n) is 11.8. The van der Waals surface area contributed by atoms with E-state index in [-0.39, 0.29) is 5.54 Å². The highest BCUT2D eigenvalue weighted by molar-refractivity contribution is 5.56. The van der Waals surface area contributed by atoms with E-state index in [4.69, 9.17) is 15.2 Å². The molecule has 0 bridgehead atoms. The van der Waals surface area contributed by atoms with Crippen LogP contribution in [-0.4, -0.2) is 14.2 Å². The maximum atomic E-state index is 6.61. The number of aryl methyl sites for hydroxylation is 1. The number of ether oxygens (including phenoxy) is 2. The van der Waals surface area contributed by atoms with E-state index in [0.717, 1.165) is 41.0 Å². The number of benzene rings is 1. The lowest BCUT2D eigenvalue weighted by Crippen LogP contribution is -2.34. The quantitative estimate of drug-likeness (QED) is 0.895. The standard InChI is InChI=1S/C15H23NO2/c1-10-9-12(17-3)11(2)13(14(10)18-4)15(16)7-5-6-8-15/h9H,5-8,16H2,1-4H3. The molecule has 2 rings (SSSR count). The SMILES string of the molecule is COc1cc(C)c(OC)c(C2(N)CCCC2)c1C. The molecule has 3 heteroatoms. The molecule has 1 saturated carbocycles. The van der Waals surface area contributed by atoms with Crippen LogP contribution in [0.15, 0.2) is 6.07 Å². The van der Waals surface area contributed by atoms with Gasteiger partial charge in [-0.25, -0.2) is 0 Å². The Morgan fingerprint density at radius 2 is 1.72 bits per heavy atom. The molecular formula is C15H23NO2. The predicted octanol–water partition coefficient (Wildman–Crippen LogP) is 3.05. The molecule has 0 unspecified atom stereocenters. The van der Waals surface area contributed by atoms with E-state index >= 15 is 0 Å². The Morgan fingerprint density at radius 1 is 1.11 bits per heavy atom. The number of hydrogen-bond donors (Lipinski definition) is 1. The molecule has 1 fully saturated rings. The lowest BCUT2D eigenvalue weighted by atomic mass is 9.84. The van der Waals surface area contributed by atoms with Gasteiger partial charge in [-0.05, 0) is 43.9 Å². The molecule has 1 aliphatic carbocycles. The number of methoxy groups -OCH3 is 2. The van der Waals surface area contributed by atoms with E-state index in [1.54, 1.807) is 14.2 Å². The minimum Gasteiger partial charge on any atom is -0.496 e. The van der Waals surface area contributed by atoms with Crippen LogP contribution in [-0.2, 0) is 5.54 Å². The van der Waals surface area contributed by atoms with Gasteiger partial charge in [0.15, 0.2) is 0 Å². The molecule has 0 heterocycles. The van der Waals surface area contributed by atoms with E-state index in [1.165, 1.54) is 12.8 Å². The van der Waals surface area contributed by atoms with E-state index in [1.807, 2.05) is 13.0 Å². The number of rotatable bonds is 3. The van der Waals surface area contributed by atoms with Crippen LogP contribution in [0.5, 0.6) is 11.5 Å². The molecule has 0 saturated heterocycles. The summed E-state index contributed by atoms with van der Waals surface area (Å²) in [5.41, 5.74) is 9.70. The Balaban J connectivity index is 2.66. The van der Waals surface area contributed by atoms with Gasteiger partial charge < -0.3 is 15.2 Å². The minimum atomic E-state index is -0.255. The van der Waals surface area contributed by atoms with Gasteiger partial charge in [-0.15, -0.1) is 0 Å². The molecule has 0 aliphatic heterocycles. The summed E-state index contributed by atoms with van der Waals surface area (Å²) in [5, 5.41) is 0. The van der Waals surface area contributed by atoms with Crippen molar-refractivity contribution in [3.8, 4) is 11.5 Å². The Morgan fingerprint density at radius 3 is 2.22 bits per heavy atom. The van der Waals surface area contributed by atoms with Gasteiger partial charge >= 0.3 is 0 Å². The van der Waals surface area contributed by atoms with Crippen molar-refractivity contribution in [2.24, 2.45) is 5.73 Å². The summed E-state index contributed by atoms with van der Waals surface area (Å²) in [6.45, 7) is 4.12. The second-order valence-corrected chi connectivity index (χ2v) is 5.29. The van der Waals surface area contributed by atoms with Crippen molar-refractivity contribution in [3.05, 3.63) is 22.8 Å². The monoisotopic (exact) mass is 249 g/mol. The third kappa shape index (κ3) is 1.97. The van der Waals surface area contributed by atoms with Crippen LogP contribution in [0.25, 0.3) is 0 Å². The van der Waals surface area contributed by atoms with Crippen LogP contribution < -0.4 is 15.2 Å². The average Bonchev–Trinajstić information content (AvgIpc) is 2.78. The van der Waals surface area contributed by atoms with Gasteiger partial charge in [-0.1, -0.05) is 12.8 Å². The van der Waals surface area contributed by atoms with Crippen LogP contribution in [0.3, 0.4) is 0 Å². The Kier molecular flexibility index (Phi) is 3.53. The highest BCUT2D eigenvalue weighted by Crippen LogP contribution is 2.45. The summed E-state index contributed by atoms with van der Waals surface area (Å²) >= 11 is 0. The van der Waals surface area contributed by atoms with Gasteiger partial charge in [0.1, 0.15) is 11.5 Å². The van der Waals surface area contributed by atoms with Crippen LogP contribution in [0.1, 0.15) is 42.4 Å². The highest BCUT2D eigenvalue weighted by Gasteiger charge is 2.36. The fourth-order valence-corrected chi connectivity index (χ4v) is 3.19. The Labute approximate surface area is 109 Å². The zero-order valence-corrected chi connectivity index (χ0v) is 11.8. The molecule has 0 amide bonds. The number of nitrogens with two attached hydrogens (primary N) is 1. The summed E-state index contributed by atoms with van der Waals surface area (Å²) < 4.78 is 11.1. The van der Waals surface area contributed by atoms with Crippen molar-refractivity contribution in [1.29, 1.82) is 0 Å². The molecule has 3 nitrogen and oxygen atoms in total. The molecule has 18 heavy (non-hydrogen) atoms. The molecule has 0 spiro atoms. The fourth-order valence-electron chi connectivity index (χ4n) is 3.19. The van der Waals surface area contributed by atoms with Gasteiger partial charge in [-0.2, -0.15) is 0 Å². The van der Waals surface area contributed by atoms with Crippen molar-refractivity contribution in [3.63, 3.8) is 0 Å². The van der Waals surface area contributed by atoms with Crippen LogP contribution in [0.4, 0.5) is 0 Å². The molecule has 1 aliphatic rings. The molecule has 100 valence electrons. The number of hydrogen-bond acceptors (Lipinski definition) is 3. The van der Waals surface area contributed by atoms with Gasteiger partial charge in [0.25, 0.3) is 0 Å². The third-order valence-corrected chi connectivity index (χ3v) is 4.10. The van der Waals surface area contributed by atoms with Gasteiger partial charge in [0.2, 0.25) is 0 Å². The summed E-state index contributed by atoms with van der Waals surface area (Å²) in [6.07, 6.45) is 4.43. The molecule has 0 aromatic heterocycles. The van der Waals surface area contributed by atoms with Crippen molar-refractivity contribution < 1.29 is 9.47 Å². The molecule has 1 aromatic carbocycles. The molecule has 0 atom stereocenters. The van der Waals surface area contributed by atoms with Crippen LogP contribution in [0.2, 0.25) is 0 Å². The maximum Gasteiger partial charge on any atom is 0.127 e. The van der Waals surface area contributed by atoms with Crippen molar-refractivity contribution in [2.45, 2.75) is 45.1 Å². The minimum absolute atomic E-state index is 0.255. The third-order valence-electron chi connectivity index (χ3n) is 4.10. The first-order chi connectivity index (χ1) is 8.53. The Hall–Kier alpha value is -1.22. The molecule has 1 aromatic rings. The second kappa shape index (κ2) is 4.81. The van der Waals surface area contributed by atoms with Gasteiger partial charge in [0, 0.05) is 11.1 Å². The maximum absolute atomic E-state index is 6.61. The normalized spacial score (nSPS) is 17.8. The zero-order chi connectivity index (χ0) is 13.3. The second-order valence-electron chi connectivity index (χ2n) is 5.29. The molecule has 2 N–H and O–H groups in total. The van der Waals surface area contributed by atoms with Gasteiger partial charge in [-0.3, -0.25) is 0 Å². The van der Waals surface area contributed by atoms with Crippen LogP contribution in [0, 0.1) is 13.8 Å². The molecular weight excluding hydrogens is 226 g/mol. The fraction of sp³-hybridized carbons (Fsp3) is 0.600. The summed E-state index contributed by atoms with van der Waals surface area (Å²) in [7, 11) is 3.42. The smallest absolute Gasteiger partial charge is 0.127 e. The lowest BCUT2D eigenvalue weighted by molar-refractivity contribution is 0.366. The molecule has 0 radical (unpaired) electrons.